The van der Waals surface area contributed by atoms with Gasteiger partial charge in [0.25, 0.3) is 0 Å². The summed E-state index contributed by atoms with van der Waals surface area (Å²) < 4.78 is 11.7. The maximum absolute atomic E-state index is 12.2. The lowest BCUT2D eigenvalue weighted by atomic mass is 10.1. The van der Waals surface area contributed by atoms with E-state index < -0.39 is 0 Å². The van der Waals surface area contributed by atoms with E-state index in [4.69, 9.17) is 15.2 Å². The molecular formula is C22H26N2O3S3. The van der Waals surface area contributed by atoms with Crippen LogP contribution in [0.1, 0.15) is 17.4 Å². The lowest BCUT2D eigenvalue weighted by Gasteiger charge is -2.22. The van der Waals surface area contributed by atoms with Crippen molar-refractivity contribution in [3.8, 4) is 5.75 Å². The van der Waals surface area contributed by atoms with Crippen molar-refractivity contribution in [1.29, 1.82) is 0 Å². The van der Waals surface area contributed by atoms with Crippen molar-refractivity contribution in [3.05, 3.63) is 64.9 Å². The van der Waals surface area contributed by atoms with Crippen LogP contribution in [0.2, 0.25) is 0 Å². The topological polar surface area (TPSA) is 64.8 Å². The zero-order valence-corrected chi connectivity index (χ0v) is 19.3. The van der Waals surface area contributed by atoms with Gasteiger partial charge in [-0.25, -0.2) is 4.79 Å². The quantitative estimate of drug-likeness (QED) is 0.221. The molecule has 0 saturated heterocycles. The number of benzene rings is 2. The van der Waals surface area contributed by atoms with Crippen LogP contribution in [-0.4, -0.2) is 42.8 Å². The normalized spacial score (nSPS) is 11.9. The van der Waals surface area contributed by atoms with Gasteiger partial charge in [0.15, 0.2) is 0 Å². The van der Waals surface area contributed by atoms with Crippen LogP contribution in [0.5, 0.6) is 5.75 Å². The van der Waals surface area contributed by atoms with E-state index in [2.05, 4.69) is 24.3 Å². The van der Waals surface area contributed by atoms with Crippen LogP contribution in [0.3, 0.4) is 0 Å². The Bertz CT molecular complexity index is 916. The van der Waals surface area contributed by atoms with Crippen molar-refractivity contribution >= 4 is 49.8 Å². The van der Waals surface area contributed by atoms with E-state index in [1.165, 1.54) is 10.8 Å². The van der Waals surface area contributed by atoms with Crippen LogP contribution < -0.4 is 10.5 Å². The number of fused-ring (bicyclic) bond motifs is 1. The van der Waals surface area contributed by atoms with Crippen molar-refractivity contribution in [2.24, 2.45) is 5.73 Å². The maximum Gasteiger partial charge on any atom is 0.410 e. The number of rotatable bonds is 11. The van der Waals surface area contributed by atoms with Crippen molar-refractivity contribution < 1.29 is 14.3 Å². The molecule has 0 unspecified atom stereocenters. The number of thiophene rings is 1. The molecule has 8 heteroatoms. The lowest BCUT2D eigenvalue weighted by Crippen LogP contribution is -2.29. The molecule has 0 aliphatic carbocycles. The molecule has 1 amide bonds. The first-order chi connectivity index (χ1) is 14.7. The van der Waals surface area contributed by atoms with E-state index in [1.807, 2.05) is 35.7 Å². The molecule has 1 aromatic heterocycles. The minimum Gasteiger partial charge on any atom is -0.484 e. The minimum atomic E-state index is -0.328. The third-order valence-corrected chi connectivity index (χ3v) is 7.47. The Balaban J connectivity index is 1.60. The van der Waals surface area contributed by atoms with E-state index in [0.29, 0.717) is 25.4 Å². The van der Waals surface area contributed by atoms with Gasteiger partial charge in [0.2, 0.25) is 0 Å². The predicted octanol–water partition coefficient (Wildman–Crippen LogP) is 5.78. The molecule has 0 spiro atoms. The summed E-state index contributed by atoms with van der Waals surface area (Å²) in [4.78, 5) is 15.0. The van der Waals surface area contributed by atoms with E-state index in [0.717, 1.165) is 27.2 Å². The molecule has 3 aromatic rings. The average molecular weight is 463 g/mol. The number of hydrogen-bond donors (Lipinski definition) is 1. The van der Waals surface area contributed by atoms with Crippen LogP contribution in [0.15, 0.2) is 60.0 Å². The largest absolute Gasteiger partial charge is 0.484 e. The third-order valence-electron chi connectivity index (χ3n) is 4.43. The fourth-order valence-electron chi connectivity index (χ4n) is 2.91. The van der Waals surface area contributed by atoms with Gasteiger partial charge in [-0.05, 0) is 22.9 Å². The first kappa shape index (κ1) is 22.8. The second-order valence-corrected chi connectivity index (χ2v) is 10.1. The maximum atomic E-state index is 12.2. The SMILES string of the molecule is CN(CC[C@H](Oc1cccc2ccccc12)c1cccs1)C(=O)OCSSCCN. The highest BCUT2D eigenvalue weighted by Gasteiger charge is 2.19. The van der Waals surface area contributed by atoms with Crippen LogP contribution in [0, 0.1) is 0 Å². The van der Waals surface area contributed by atoms with Gasteiger partial charge < -0.3 is 20.1 Å². The summed E-state index contributed by atoms with van der Waals surface area (Å²) in [5.74, 6) is 2.01. The molecule has 1 atom stereocenters. The second kappa shape index (κ2) is 12.1. The zero-order chi connectivity index (χ0) is 21.2. The minimum absolute atomic E-state index is 0.138. The Morgan fingerprint density at radius 2 is 1.97 bits per heavy atom. The van der Waals surface area contributed by atoms with E-state index in [1.54, 1.807) is 34.1 Å². The third kappa shape index (κ3) is 6.57. The molecule has 0 radical (unpaired) electrons. The van der Waals surface area contributed by atoms with Crippen LogP contribution in [0.25, 0.3) is 10.8 Å². The van der Waals surface area contributed by atoms with Crippen molar-refractivity contribution in [1.82, 2.24) is 4.90 Å². The van der Waals surface area contributed by atoms with Crippen molar-refractivity contribution in [2.75, 3.05) is 31.8 Å². The summed E-state index contributed by atoms with van der Waals surface area (Å²) in [6.07, 6.45) is 0.205. The Morgan fingerprint density at radius 3 is 2.77 bits per heavy atom. The average Bonchev–Trinajstić information content (AvgIpc) is 3.31. The summed E-state index contributed by atoms with van der Waals surface area (Å²) in [6, 6.07) is 18.4. The molecule has 0 fully saturated rings. The van der Waals surface area contributed by atoms with Gasteiger partial charge in [-0.3, -0.25) is 0 Å². The highest BCUT2D eigenvalue weighted by molar-refractivity contribution is 8.76. The standard InChI is InChI=1S/C22H26N2O3S3/c1-24(22(25)26-16-30-29-15-12-23)13-11-20(21-10-5-14-28-21)27-19-9-4-7-17-6-2-3-8-18(17)19/h2-10,14,20H,11-13,15-16,23H2,1H3/t20-/m0/s1. The highest BCUT2D eigenvalue weighted by Crippen LogP contribution is 2.33. The fraction of sp³-hybridized carbons (Fsp3) is 0.318. The summed E-state index contributed by atoms with van der Waals surface area (Å²) in [5.41, 5.74) is 5.45. The van der Waals surface area contributed by atoms with Crippen LogP contribution in [0.4, 0.5) is 4.79 Å². The summed E-state index contributed by atoms with van der Waals surface area (Å²) >= 11 is 1.66. The summed E-state index contributed by atoms with van der Waals surface area (Å²) in [5, 5.41) is 4.27. The van der Waals surface area contributed by atoms with E-state index >= 15 is 0 Å². The number of nitrogens with zero attached hydrogens (tertiary/aromatic N) is 1. The van der Waals surface area contributed by atoms with Crippen LogP contribution >= 0.6 is 32.9 Å². The molecule has 30 heavy (non-hydrogen) atoms. The van der Waals surface area contributed by atoms with Crippen LogP contribution in [-0.2, 0) is 4.74 Å². The van der Waals surface area contributed by atoms with Crippen molar-refractivity contribution in [3.63, 3.8) is 0 Å². The van der Waals surface area contributed by atoms with Gasteiger partial charge in [0, 0.05) is 42.6 Å². The van der Waals surface area contributed by atoms with E-state index in [9.17, 15) is 4.79 Å². The fourth-order valence-corrected chi connectivity index (χ4v) is 5.12. The molecule has 160 valence electrons. The number of ether oxygens (including phenoxy) is 2. The molecule has 3 rings (SSSR count). The Labute approximate surface area is 189 Å². The number of nitrogens with two attached hydrogens (primary N) is 1. The molecule has 0 bridgehead atoms. The first-order valence-electron chi connectivity index (χ1n) is 9.69. The lowest BCUT2D eigenvalue weighted by molar-refractivity contribution is 0.119. The first-order valence-corrected chi connectivity index (χ1v) is 13.1. The Morgan fingerprint density at radius 1 is 1.13 bits per heavy atom. The molecule has 2 aromatic carbocycles. The molecule has 1 heterocycles. The summed E-state index contributed by atoms with van der Waals surface area (Å²) in [7, 11) is 4.85. The number of carbonyl (C=O) groups is 1. The van der Waals surface area contributed by atoms with E-state index in [-0.39, 0.29) is 12.2 Å². The highest BCUT2D eigenvalue weighted by atomic mass is 33.1. The molecule has 2 N–H and O–H groups in total. The van der Waals surface area contributed by atoms with Crippen molar-refractivity contribution in [2.45, 2.75) is 12.5 Å². The molecule has 0 saturated carbocycles. The van der Waals surface area contributed by atoms with Gasteiger partial charge in [0.05, 0.1) is 0 Å². The van der Waals surface area contributed by atoms with Gasteiger partial charge in [-0.1, -0.05) is 64.1 Å². The van der Waals surface area contributed by atoms with Gasteiger partial charge >= 0.3 is 6.09 Å². The monoisotopic (exact) mass is 462 g/mol. The second-order valence-electron chi connectivity index (χ2n) is 6.57. The number of carbonyl (C=O) groups excluding carboxylic acids is 1. The number of amides is 1. The van der Waals surface area contributed by atoms with Gasteiger partial charge in [0.1, 0.15) is 17.8 Å². The van der Waals surface area contributed by atoms with Gasteiger partial charge in [-0.15, -0.1) is 11.3 Å². The molecule has 5 nitrogen and oxygen atoms in total. The molecule has 0 aliphatic heterocycles. The molecule has 0 aliphatic rings. The Kier molecular flexibility index (Phi) is 9.20. The summed E-state index contributed by atoms with van der Waals surface area (Å²) in [6.45, 7) is 1.15. The van der Waals surface area contributed by atoms with Gasteiger partial charge in [-0.2, -0.15) is 0 Å². The number of hydrogen-bond acceptors (Lipinski definition) is 7. The molecular weight excluding hydrogens is 436 g/mol. The predicted molar refractivity (Wildman–Crippen MR) is 129 cm³/mol. The zero-order valence-electron chi connectivity index (χ0n) is 16.9. The smallest absolute Gasteiger partial charge is 0.410 e. The Hall–Kier alpha value is -1.87.